The van der Waals surface area contributed by atoms with Crippen LogP contribution < -0.4 is 5.56 Å². The van der Waals surface area contributed by atoms with Crippen LogP contribution in [0.4, 0.5) is 4.79 Å². The van der Waals surface area contributed by atoms with Gasteiger partial charge in [-0.05, 0) is 64.5 Å². The number of hydrogen-bond donors (Lipinski definition) is 0. The molecule has 0 unspecified atom stereocenters. The summed E-state index contributed by atoms with van der Waals surface area (Å²) in [6.07, 6.45) is 6.56. The zero-order valence-corrected chi connectivity index (χ0v) is 20.1. The summed E-state index contributed by atoms with van der Waals surface area (Å²) >= 11 is 0. The third-order valence-electron chi connectivity index (χ3n) is 6.01. The first-order valence-electron chi connectivity index (χ1n) is 11.9. The first kappa shape index (κ1) is 24.0. The van der Waals surface area contributed by atoms with Gasteiger partial charge in [0.2, 0.25) is 5.82 Å². The highest BCUT2D eigenvalue weighted by Crippen LogP contribution is 2.22. The molecule has 0 saturated carbocycles. The van der Waals surface area contributed by atoms with Crippen LogP contribution in [0, 0.1) is 17.8 Å². The van der Waals surface area contributed by atoms with Crippen LogP contribution in [0.5, 0.6) is 0 Å². The average Bonchev–Trinajstić information content (AvgIpc) is 2.83. The number of nitrogens with zero attached hydrogens (tertiary/aromatic N) is 4. The Bertz CT molecular complexity index is 1130. The first-order chi connectivity index (χ1) is 16.3. The van der Waals surface area contributed by atoms with Crippen molar-refractivity contribution in [1.29, 1.82) is 0 Å². The number of carbonyl (C=O) groups excluding carboxylic acids is 1. The molecule has 0 bridgehead atoms. The largest absolute Gasteiger partial charge is 0.444 e. The van der Waals surface area contributed by atoms with E-state index in [1.807, 2.05) is 33.0 Å². The molecule has 0 N–H and O–H groups in total. The lowest BCUT2D eigenvalue weighted by Gasteiger charge is -2.31. The molecule has 2 aliphatic rings. The number of piperidine rings is 1. The van der Waals surface area contributed by atoms with Crippen LogP contribution in [0.15, 0.2) is 35.4 Å². The summed E-state index contributed by atoms with van der Waals surface area (Å²) in [7, 11) is 0. The van der Waals surface area contributed by atoms with E-state index in [1.165, 1.54) is 0 Å². The van der Waals surface area contributed by atoms with Crippen molar-refractivity contribution in [3.05, 3.63) is 46.8 Å². The molecule has 4 rings (SSSR count). The fraction of sp³-hybridized carbons (Fsp3) is 0.538. The van der Waals surface area contributed by atoms with Crippen molar-refractivity contribution >= 4 is 6.09 Å². The molecule has 2 aromatic rings. The van der Waals surface area contributed by atoms with Gasteiger partial charge in [-0.1, -0.05) is 5.92 Å². The van der Waals surface area contributed by atoms with E-state index in [2.05, 4.69) is 21.8 Å². The molecule has 0 aliphatic carbocycles. The van der Waals surface area contributed by atoms with Gasteiger partial charge in [-0.15, -0.1) is 0 Å². The molecule has 8 heteroatoms. The number of carbonyl (C=O) groups is 1. The maximum atomic E-state index is 12.4. The van der Waals surface area contributed by atoms with Crippen molar-refractivity contribution in [2.24, 2.45) is 5.92 Å². The summed E-state index contributed by atoms with van der Waals surface area (Å²) < 4.78 is 12.7. The van der Waals surface area contributed by atoms with Crippen molar-refractivity contribution in [1.82, 2.24) is 19.4 Å². The quantitative estimate of drug-likeness (QED) is 0.631. The van der Waals surface area contributed by atoms with E-state index < -0.39 is 5.60 Å². The summed E-state index contributed by atoms with van der Waals surface area (Å²) in [4.78, 5) is 35.3. The zero-order chi connectivity index (χ0) is 24.1. The lowest BCUT2D eigenvalue weighted by atomic mass is 9.98. The van der Waals surface area contributed by atoms with Crippen molar-refractivity contribution in [3.8, 4) is 23.1 Å². The average molecular weight is 465 g/mol. The number of amides is 1. The molecule has 4 heterocycles. The Morgan fingerprint density at radius 1 is 1.12 bits per heavy atom. The van der Waals surface area contributed by atoms with Gasteiger partial charge in [-0.2, -0.15) is 0 Å². The minimum absolute atomic E-state index is 0.0116. The molecule has 0 spiro atoms. The number of hydrogen-bond acceptors (Lipinski definition) is 6. The van der Waals surface area contributed by atoms with Crippen LogP contribution in [0.3, 0.4) is 0 Å². The highest BCUT2D eigenvalue weighted by molar-refractivity contribution is 5.68. The normalized spacial score (nSPS) is 17.7. The zero-order valence-electron chi connectivity index (χ0n) is 20.1. The van der Waals surface area contributed by atoms with Gasteiger partial charge >= 0.3 is 6.09 Å². The van der Waals surface area contributed by atoms with Gasteiger partial charge in [0.15, 0.2) is 0 Å². The second-order valence-corrected chi connectivity index (χ2v) is 9.78. The van der Waals surface area contributed by atoms with Crippen LogP contribution in [-0.4, -0.2) is 57.4 Å². The Labute approximate surface area is 200 Å². The van der Waals surface area contributed by atoms with E-state index >= 15 is 0 Å². The van der Waals surface area contributed by atoms with Gasteiger partial charge < -0.3 is 18.9 Å². The van der Waals surface area contributed by atoms with Gasteiger partial charge in [-0.3, -0.25) is 4.79 Å². The van der Waals surface area contributed by atoms with E-state index in [4.69, 9.17) is 9.47 Å². The van der Waals surface area contributed by atoms with Crippen LogP contribution in [0.1, 0.15) is 58.3 Å². The predicted octanol–water partition coefficient (Wildman–Crippen LogP) is 3.66. The van der Waals surface area contributed by atoms with Crippen LogP contribution >= 0.6 is 0 Å². The maximum Gasteiger partial charge on any atom is 0.410 e. The molecule has 2 aromatic heterocycles. The fourth-order valence-corrected chi connectivity index (χ4v) is 4.18. The second-order valence-electron chi connectivity index (χ2n) is 9.78. The second kappa shape index (κ2) is 10.4. The summed E-state index contributed by atoms with van der Waals surface area (Å²) in [5.74, 6) is 7.01. The molecule has 34 heavy (non-hydrogen) atoms. The van der Waals surface area contributed by atoms with Crippen molar-refractivity contribution in [3.63, 3.8) is 0 Å². The summed E-state index contributed by atoms with van der Waals surface area (Å²) in [6.45, 7) is 8.21. The number of rotatable bonds is 2. The smallest absolute Gasteiger partial charge is 0.410 e. The number of aromatic nitrogens is 3. The Kier molecular flexibility index (Phi) is 7.32. The molecule has 180 valence electrons. The molecule has 2 fully saturated rings. The van der Waals surface area contributed by atoms with Gasteiger partial charge in [0.1, 0.15) is 5.60 Å². The highest BCUT2D eigenvalue weighted by atomic mass is 16.6. The molecule has 8 nitrogen and oxygen atoms in total. The predicted molar refractivity (Wildman–Crippen MR) is 128 cm³/mol. The topological polar surface area (TPSA) is 86.6 Å². The van der Waals surface area contributed by atoms with Crippen LogP contribution in [-0.2, 0) is 9.47 Å². The molecule has 0 radical (unpaired) electrons. The molecular weight excluding hydrogens is 432 g/mol. The lowest BCUT2D eigenvalue weighted by Crippen LogP contribution is -2.41. The van der Waals surface area contributed by atoms with E-state index in [-0.39, 0.29) is 23.6 Å². The molecule has 2 aliphatic heterocycles. The highest BCUT2D eigenvalue weighted by Gasteiger charge is 2.26. The van der Waals surface area contributed by atoms with Gasteiger partial charge in [-0.25, -0.2) is 14.8 Å². The van der Waals surface area contributed by atoms with Crippen molar-refractivity contribution in [2.75, 3.05) is 26.3 Å². The molecular formula is C26H32N4O4. The summed E-state index contributed by atoms with van der Waals surface area (Å²) in [5.41, 5.74) is 1.10. The molecule has 1 amide bonds. The Balaban J connectivity index is 1.42. The van der Waals surface area contributed by atoms with Gasteiger partial charge in [0.25, 0.3) is 5.56 Å². The molecule has 0 aromatic carbocycles. The van der Waals surface area contributed by atoms with Crippen molar-refractivity contribution < 1.29 is 14.3 Å². The summed E-state index contributed by atoms with van der Waals surface area (Å²) in [5, 5.41) is 0. The standard InChI is InChI=1S/C26H32N4O4/c1-26(2,3)34-25(32)29-14-9-19(10-15-29)4-6-23-27-13-8-22(28-23)20-5-7-24(31)30(18-20)21-11-16-33-17-12-21/h5,7-8,13,18-19,21H,9-12,14-17H2,1-3H3. The third-order valence-corrected chi connectivity index (χ3v) is 6.01. The maximum absolute atomic E-state index is 12.4. The number of ether oxygens (including phenoxy) is 2. The Morgan fingerprint density at radius 2 is 1.85 bits per heavy atom. The number of pyridine rings is 1. The van der Waals surface area contributed by atoms with Crippen LogP contribution in [0.2, 0.25) is 0 Å². The minimum atomic E-state index is -0.492. The minimum Gasteiger partial charge on any atom is -0.444 e. The van der Waals surface area contributed by atoms with E-state index in [0.717, 1.165) is 36.9 Å². The van der Waals surface area contributed by atoms with E-state index in [0.29, 0.717) is 32.1 Å². The third kappa shape index (κ3) is 6.23. The SMILES string of the molecule is CC(C)(C)OC(=O)N1CCC(C#Cc2nccc(-c3ccc(=O)n(C4CCOCC4)c3)n2)CC1. The fourth-order valence-electron chi connectivity index (χ4n) is 4.18. The van der Waals surface area contributed by atoms with E-state index in [9.17, 15) is 9.59 Å². The monoisotopic (exact) mass is 464 g/mol. The molecule has 2 saturated heterocycles. The summed E-state index contributed by atoms with van der Waals surface area (Å²) in [6, 6.07) is 5.37. The molecule has 0 atom stereocenters. The van der Waals surface area contributed by atoms with E-state index in [1.54, 1.807) is 27.8 Å². The van der Waals surface area contributed by atoms with Crippen LogP contribution in [0.25, 0.3) is 11.3 Å². The lowest BCUT2D eigenvalue weighted by molar-refractivity contribution is 0.0199. The van der Waals surface area contributed by atoms with Gasteiger partial charge in [0, 0.05) is 62.3 Å². The first-order valence-corrected chi connectivity index (χ1v) is 11.9. The Morgan fingerprint density at radius 3 is 2.56 bits per heavy atom. The van der Waals surface area contributed by atoms with Crippen molar-refractivity contribution in [2.45, 2.75) is 58.1 Å². The van der Waals surface area contributed by atoms with Gasteiger partial charge in [0.05, 0.1) is 5.69 Å². The number of likely N-dealkylation sites (tertiary alicyclic amines) is 1. The Hall–Kier alpha value is -3.18.